The summed E-state index contributed by atoms with van der Waals surface area (Å²) in [7, 11) is 1.81. The zero-order valence-electron chi connectivity index (χ0n) is 14.5. The molecule has 1 aliphatic rings. The van der Waals surface area contributed by atoms with Gasteiger partial charge in [0.1, 0.15) is 0 Å². The Labute approximate surface area is 152 Å². The maximum Gasteiger partial charge on any atom is 0.246 e. The average molecular weight is 345 g/mol. The SMILES string of the molecule is CN(Cc1ccc2ccccc2c1)C(=O)/C=C/c1ccc2c(c1)OCO2. The molecule has 26 heavy (non-hydrogen) atoms. The highest BCUT2D eigenvalue weighted by Gasteiger charge is 2.12. The van der Waals surface area contributed by atoms with E-state index < -0.39 is 0 Å². The number of nitrogens with zero attached hydrogens (tertiary/aromatic N) is 1. The van der Waals surface area contributed by atoms with Gasteiger partial charge in [-0.1, -0.05) is 42.5 Å². The normalized spacial score (nSPS) is 12.7. The van der Waals surface area contributed by atoms with Gasteiger partial charge in [-0.25, -0.2) is 0 Å². The zero-order chi connectivity index (χ0) is 17.9. The van der Waals surface area contributed by atoms with E-state index in [1.54, 1.807) is 17.1 Å². The van der Waals surface area contributed by atoms with Crippen LogP contribution < -0.4 is 9.47 Å². The molecule has 0 radical (unpaired) electrons. The first-order chi connectivity index (χ1) is 12.7. The lowest BCUT2D eigenvalue weighted by Crippen LogP contribution is -2.24. The van der Waals surface area contributed by atoms with E-state index in [1.807, 2.05) is 37.4 Å². The standard InChI is InChI=1S/C22H19NO3/c1-23(14-17-6-9-18-4-2-3-5-19(18)12-17)22(24)11-8-16-7-10-20-21(13-16)26-15-25-20/h2-13H,14-15H2,1H3/b11-8+. The first kappa shape index (κ1) is 16.2. The molecule has 0 saturated carbocycles. The molecule has 3 aromatic carbocycles. The molecule has 0 atom stereocenters. The van der Waals surface area contributed by atoms with Gasteiger partial charge in [-0.15, -0.1) is 0 Å². The van der Waals surface area contributed by atoms with Crippen LogP contribution in [-0.4, -0.2) is 24.6 Å². The Hall–Kier alpha value is -3.27. The maximum atomic E-state index is 12.4. The Kier molecular flexibility index (Phi) is 4.32. The summed E-state index contributed by atoms with van der Waals surface area (Å²) < 4.78 is 10.6. The van der Waals surface area contributed by atoms with Crippen LogP contribution in [-0.2, 0) is 11.3 Å². The summed E-state index contributed by atoms with van der Waals surface area (Å²) in [5.41, 5.74) is 2.01. The first-order valence-electron chi connectivity index (χ1n) is 8.49. The van der Waals surface area contributed by atoms with Gasteiger partial charge in [0.05, 0.1) is 0 Å². The summed E-state index contributed by atoms with van der Waals surface area (Å²) in [4.78, 5) is 14.1. The van der Waals surface area contributed by atoms with Crippen molar-refractivity contribution in [2.24, 2.45) is 0 Å². The van der Waals surface area contributed by atoms with Crippen molar-refractivity contribution in [1.29, 1.82) is 0 Å². The molecule has 130 valence electrons. The van der Waals surface area contributed by atoms with Crippen LogP contribution in [0.25, 0.3) is 16.8 Å². The van der Waals surface area contributed by atoms with Crippen molar-refractivity contribution in [1.82, 2.24) is 4.90 Å². The number of fused-ring (bicyclic) bond motifs is 2. The van der Waals surface area contributed by atoms with E-state index in [0.717, 1.165) is 16.9 Å². The van der Waals surface area contributed by atoms with Gasteiger partial charge in [-0.3, -0.25) is 4.79 Å². The summed E-state index contributed by atoms with van der Waals surface area (Å²) in [5, 5.41) is 2.38. The molecule has 4 nitrogen and oxygen atoms in total. The summed E-state index contributed by atoms with van der Waals surface area (Å²) >= 11 is 0. The summed E-state index contributed by atoms with van der Waals surface area (Å²) in [6.07, 6.45) is 3.37. The molecule has 1 aliphatic heterocycles. The largest absolute Gasteiger partial charge is 0.454 e. The molecular weight excluding hydrogens is 326 g/mol. The average Bonchev–Trinajstić information content (AvgIpc) is 3.13. The van der Waals surface area contributed by atoms with E-state index in [0.29, 0.717) is 12.3 Å². The molecule has 4 heteroatoms. The fraction of sp³-hybridized carbons (Fsp3) is 0.136. The molecule has 0 fully saturated rings. The predicted molar refractivity (Wildman–Crippen MR) is 102 cm³/mol. The maximum absolute atomic E-state index is 12.4. The molecule has 0 bridgehead atoms. The summed E-state index contributed by atoms with van der Waals surface area (Å²) in [5.74, 6) is 1.40. The van der Waals surface area contributed by atoms with E-state index in [1.165, 1.54) is 10.8 Å². The lowest BCUT2D eigenvalue weighted by Gasteiger charge is -2.15. The van der Waals surface area contributed by atoms with Gasteiger partial charge in [-0.05, 0) is 46.2 Å². The molecule has 0 N–H and O–H groups in total. The number of likely N-dealkylation sites (N-methyl/N-ethyl adjacent to an activating group) is 1. The quantitative estimate of drug-likeness (QED) is 0.664. The van der Waals surface area contributed by atoms with Gasteiger partial charge >= 0.3 is 0 Å². The van der Waals surface area contributed by atoms with Gasteiger partial charge in [-0.2, -0.15) is 0 Å². The number of carbonyl (C=O) groups is 1. The second-order valence-electron chi connectivity index (χ2n) is 6.32. The van der Waals surface area contributed by atoms with Crippen LogP contribution in [0.2, 0.25) is 0 Å². The first-order valence-corrected chi connectivity index (χ1v) is 8.49. The van der Waals surface area contributed by atoms with Crippen molar-refractivity contribution >= 4 is 22.8 Å². The van der Waals surface area contributed by atoms with Crippen LogP contribution in [0.1, 0.15) is 11.1 Å². The van der Waals surface area contributed by atoms with Crippen LogP contribution in [0.3, 0.4) is 0 Å². The minimum atomic E-state index is -0.0455. The third kappa shape index (κ3) is 3.40. The fourth-order valence-electron chi connectivity index (χ4n) is 3.00. The molecule has 4 rings (SSSR count). The Morgan fingerprint density at radius 3 is 2.69 bits per heavy atom. The number of hydrogen-bond acceptors (Lipinski definition) is 3. The Morgan fingerprint density at radius 2 is 1.81 bits per heavy atom. The molecule has 0 unspecified atom stereocenters. The third-order valence-electron chi connectivity index (χ3n) is 4.42. The molecule has 1 heterocycles. The third-order valence-corrected chi connectivity index (χ3v) is 4.42. The van der Waals surface area contributed by atoms with Gasteiger partial charge in [0.2, 0.25) is 12.7 Å². The van der Waals surface area contributed by atoms with E-state index in [9.17, 15) is 4.79 Å². The van der Waals surface area contributed by atoms with Gasteiger partial charge in [0.15, 0.2) is 11.5 Å². The molecular formula is C22H19NO3. The van der Waals surface area contributed by atoms with Crippen LogP contribution in [0.15, 0.2) is 66.7 Å². The number of amides is 1. The zero-order valence-corrected chi connectivity index (χ0v) is 14.5. The van der Waals surface area contributed by atoms with Gasteiger partial charge < -0.3 is 14.4 Å². The highest BCUT2D eigenvalue weighted by atomic mass is 16.7. The van der Waals surface area contributed by atoms with Crippen molar-refractivity contribution in [3.05, 3.63) is 77.9 Å². The lowest BCUT2D eigenvalue weighted by atomic mass is 10.1. The van der Waals surface area contributed by atoms with E-state index in [-0.39, 0.29) is 12.7 Å². The van der Waals surface area contributed by atoms with Crippen LogP contribution in [0.5, 0.6) is 11.5 Å². The molecule has 0 aromatic heterocycles. The van der Waals surface area contributed by atoms with Crippen molar-refractivity contribution in [3.63, 3.8) is 0 Å². The summed E-state index contributed by atoms with van der Waals surface area (Å²) in [6, 6.07) is 20.1. The molecule has 0 saturated heterocycles. The van der Waals surface area contributed by atoms with E-state index in [2.05, 4.69) is 30.3 Å². The van der Waals surface area contributed by atoms with Gasteiger partial charge in [0, 0.05) is 19.7 Å². The smallest absolute Gasteiger partial charge is 0.246 e. The van der Waals surface area contributed by atoms with Crippen molar-refractivity contribution in [3.8, 4) is 11.5 Å². The number of carbonyl (C=O) groups excluding carboxylic acids is 1. The van der Waals surface area contributed by atoms with Crippen molar-refractivity contribution in [2.75, 3.05) is 13.8 Å². The molecule has 3 aromatic rings. The Balaban J connectivity index is 1.43. The van der Waals surface area contributed by atoms with Crippen LogP contribution >= 0.6 is 0 Å². The number of ether oxygens (including phenoxy) is 2. The Morgan fingerprint density at radius 1 is 1.00 bits per heavy atom. The molecule has 1 amide bonds. The van der Waals surface area contributed by atoms with Gasteiger partial charge in [0.25, 0.3) is 0 Å². The minimum Gasteiger partial charge on any atom is -0.454 e. The van der Waals surface area contributed by atoms with Crippen molar-refractivity contribution < 1.29 is 14.3 Å². The second-order valence-corrected chi connectivity index (χ2v) is 6.32. The molecule has 0 aliphatic carbocycles. The number of rotatable bonds is 4. The second kappa shape index (κ2) is 6.92. The summed E-state index contributed by atoms with van der Waals surface area (Å²) in [6.45, 7) is 0.811. The fourth-order valence-corrected chi connectivity index (χ4v) is 3.00. The number of benzene rings is 3. The predicted octanol–water partition coefficient (Wildman–Crippen LogP) is 4.24. The van der Waals surface area contributed by atoms with Crippen LogP contribution in [0.4, 0.5) is 0 Å². The van der Waals surface area contributed by atoms with E-state index in [4.69, 9.17) is 9.47 Å². The van der Waals surface area contributed by atoms with Crippen molar-refractivity contribution in [2.45, 2.75) is 6.54 Å². The number of hydrogen-bond donors (Lipinski definition) is 0. The highest BCUT2D eigenvalue weighted by Crippen LogP contribution is 2.32. The molecule has 0 spiro atoms. The highest BCUT2D eigenvalue weighted by molar-refractivity contribution is 5.91. The monoisotopic (exact) mass is 345 g/mol. The van der Waals surface area contributed by atoms with E-state index >= 15 is 0 Å². The topological polar surface area (TPSA) is 38.8 Å². The minimum absolute atomic E-state index is 0.0455. The van der Waals surface area contributed by atoms with Crippen LogP contribution in [0, 0.1) is 0 Å². The Bertz CT molecular complexity index is 994. The lowest BCUT2D eigenvalue weighted by molar-refractivity contribution is -0.125.